The van der Waals surface area contributed by atoms with Crippen LogP contribution in [0.4, 0.5) is 5.69 Å². The van der Waals surface area contributed by atoms with Gasteiger partial charge in [0.1, 0.15) is 6.04 Å². The number of aromatic nitrogens is 2. The molecule has 0 aliphatic rings. The number of carbonyl (C=O) groups excluding carboxylic acids is 1. The Balaban J connectivity index is 2.21. The van der Waals surface area contributed by atoms with Crippen molar-refractivity contribution in [3.05, 3.63) is 36.2 Å². The van der Waals surface area contributed by atoms with Crippen LogP contribution >= 0.6 is 0 Å². The standard InChI is InChI=1S/C15H19N3O3/c1-10-8-13(20-3)14(21-4)9-12(10)17-15(19)11(2)18-7-5-6-16-18/h5-9,11H,1-4H3,(H,17,19)/t11-/m1/s1. The number of methoxy groups -OCH3 is 2. The molecule has 0 fully saturated rings. The molecule has 0 spiro atoms. The molecule has 0 unspecified atom stereocenters. The zero-order valence-electron chi connectivity index (χ0n) is 12.6. The van der Waals surface area contributed by atoms with Gasteiger partial charge in [0.25, 0.3) is 0 Å². The number of hydrogen-bond donors (Lipinski definition) is 1. The predicted octanol–water partition coefficient (Wildman–Crippen LogP) is 2.41. The highest BCUT2D eigenvalue weighted by Gasteiger charge is 2.17. The van der Waals surface area contributed by atoms with Crippen molar-refractivity contribution in [1.82, 2.24) is 9.78 Å². The van der Waals surface area contributed by atoms with Gasteiger partial charge in [0.05, 0.1) is 14.2 Å². The van der Waals surface area contributed by atoms with Crippen LogP contribution in [0.15, 0.2) is 30.6 Å². The smallest absolute Gasteiger partial charge is 0.248 e. The molecule has 0 saturated carbocycles. The van der Waals surface area contributed by atoms with Crippen LogP contribution < -0.4 is 14.8 Å². The van der Waals surface area contributed by atoms with Crippen LogP contribution in [0.1, 0.15) is 18.5 Å². The van der Waals surface area contributed by atoms with Crippen molar-refractivity contribution in [1.29, 1.82) is 0 Å². The summed E-state index contributed by atoms with van der Waals surface area (Å²) in [7, 11) is 3.14. The molecule has 0 radical (unpaired) electrons. The fourth-order valence-corrected chi connectivity index (χ4v) is 1.98. The molecule has 1 aromatic heterocycles. The average Bonchev–Trinajstić information content (AvgIpc) is 3.02. The van der Waals surface area contributed by atoms with E-state index in [1.54, 1.807) is 50.4 Å². The first kappa shape index (κ1) is 14.9. The van der Waals surface area contributed by atoms with Gasteiger partial charge in [0, 0.05) is 24.1 Å². The molecule has 112 valence electrons. The summed E-state index contributed by atoms with van der Waals surface area (Å²) in [5.74, 6) is 1.06. The minimum absolute atomic E-state index is 0.144. The highest BCUT2D eigenvalue weighted by atomic mass is 16.5. The molecule has 6 nitrogen and oxygen atoms in total. The first-order chi connectivity index (χ1) is 10.1. The number of rotatable bonds is 5. The molecule has 0 aliphatic heterocycles. The van der Waals surface area contributed by atoms with Crippen molar-refractivity contribution in [2.24, 2.45) is 0 Å². The van der Waals surface area contributed by atoms with Crippen molar-refractivity contribution >= 4 is 11.6 Å². The van der Waals surface area contributed by atoms with E-state index in [0.717, 1.165) is 5.56 Å². The van der Waals surface area contributed by atoms with Crippen LogP contribution in [0.2, 0.25) is 0 Å². The molecule has 0 saturated heterocycles. The van der Waals surface area contributed by atoms with Crippen LogP contribution in [0.5, 0.6) is 11.5 Å². The first-order valence-corrected chi connectivity index (χ1v) is 6.59. The van der Waals surface area contributed by atoms with Gasteiger partial charge in [0.2, 0.25) is 5.91 Å². The second-order valence-corrected chi connectivity index (χ2v) is 4.67. The predicted molar refractivity (Wildman–Crippen MR) is 79.9 cm³/mol. The van der Waals surface area contributed by atoms with Gasteiger partial charge in [-0.3, -0.25) is 9.48 Å². The SMILES string of the molecule is COc1cc(C)c(NC(=O)[C@@H](C)n2cccn2)cc1OC. The molecule has 2 aromatic rings. The Kier molecular flexibility index (Phi) is 4.47. The number of nitrogens with one attached hydrogen (secondary N) is 1. The van der Waals surface area contributed by atoms with Crippen molar-refractivity contribution in [3.63, 3.8) is 0 Å². The number of aryl methyl sites for hydroxylation is 1. The Morgan fingerprint density at radius 2 is 1.95 bits per heavy atom. The van der Waals surface area contributed by atoms with E-state index >= 15 is 0 Å². The van der Waals surface area contributed by atoms with E-state index in [0.29, 0.717) is 17.2 Å². The average molecular weight is 289 g/mol. The molecule has 1 N–H and O–H groups in total. The van der Waals surface area contributed by atoms with E-state index in [1.165, 1.54) is 0 Å². The number of anilines is 1. The molecular weight excluding hydrogens is 270 g/mol. The van der Waals surface area contributed by atoms with Gasteiger partial charge >= 0.3 is 0 Å². The fraction of sp³-hybridized carbons (Fsp3) is 0.333. The zero-order chi connectivity index (χ0) is 15.4. The summed E-state index contributed by atoms with van der Waals surface area (Å²) in [6, 6.07) is 4.97. The summed E-state index contributed by atoms with van der Waals surface area (Å²) in [5, 5.41) is 6.96. The largest absolute Gasteiger partial charge is 0.493 e. The molecule has 21 heavy (non-hydrogen) atoms. The number of benzene rings is 1. The minimum Gasteiger partial charge on any atom is -0.493 e. The van der Waals surface area contributed by atoms with Gasteiger partial charge < -0.3 is 14.8 Å². The van der Waals surface area contributed by atoms with Gasteiger partial charge in [-0.2, -0.15) is 5.10 Å². The maximum atomic E-state index is 12.3. The van der Waals surface area contributed by atoms with Crippen molar-refractivity contribution in [2.75, 3.05) is 19.5 Å². The van der Waals surface area contributed by atoms with Gasteiger partial charge in [-0.15, -0.1) is 0 Å². The number of amides is 1. The van der Waals surface area contributed by atoms with Gasteiger partial charge in [0.15, 0.2) is 11.5 Å². The van der Waals surface area contributed by atoms with Crippen LogP contribution in [0.3, 0.4) is 0 Å². The van der Waals surface area contributed by atoms with Gasteiger partial charge in [-0.1, -0.05) is 0 Å². The number of ether oxygens (including phenoxy) is 2. The molecule has 2 rings (SSSR count). The summed E-state index contributed by atoms with van der Waals surface area (Å²) in [6.07, 6.45) is 3.40. The zero-order valence-corrected chi connectivity index (χ0v) is 12.6. The fourth-order valence-electron chi connectivity index (χ4n) is 1.98. The molecular formula is C15H19N3O3. The van der Waals surface area contributed by atoms with Gasteiger partial charge in [-0.25, -0.2) is 0 Å². The van der Waals surface area contributed by atoms with Crippen LogP contribution in [-0.4, -0.2) is 29.9 Å². The van der Waals surface area contributed by atoms with E-state index in [2.05, 4.69) is 10.4 Å². The van der Waals surface area contributed by atoms with E-state index in [4.69, 9.17) is 9.47 Å². The molecule has 1 atom stereocenters. The first-order valence-electron chi connectivity index (χ1n) is 6.59. The van der Waals surface area contributed by atoms with E-state index in [1.807, 2.05) is 13.0 Å². The van der Waals surface area contributed by atoms with Crippen molar-refractivity contribution in [3.8, 4) is 11.5 Å². The van der Waals surface area contributed by atoms with Crippen LogP contribution in [0.25, 0.3) is 0 Å². The third kappa shape index (κ3) is 3.16. The second-order valence-electron chi connectivity index (χ2n) is 4.67. The summed E-state index contributed by atoms with van der Waals surface area (Å²) >= 11 is 0. The topological polar surface area (TPSA) is 65.4 Å². The highest BCUT2D eigenvalue weighted by Crippen LogP contribution is 2.33. The number of hydrogen-bond acceptors (Lipinski definition) is 4. The molecule has 6 heteroatoms. The van der Waals surface area contributed by atoms with Crippen molar-refractivity contribution in [2.45, 2.75) is 19.9 Å². The third-order valence-corrected chi connectivity index (χ3v) is 3.29. The molecule has 0 aliphatic carbocycles. The highest BCUT2D eigenvalue weighted by molar-refractivity contribution is 5.94. The number of nitrogens with zero attached hydrogens (tertiary/aromatic N) is 2. The lowest BCUT2D eigenvalue weighted by Crippen LogP contribution is -2.24. The normalized spacial score (nSPS) is 11.8. The summed E-state index contributed by atoms with van der Waals surface area (Å²) in [4.78, 5) is 12.3. The van der Waals surface area contributed by atoms with Crippen LogP contribution in [-0.2, 0) is 4.79 Å². The molecule has 1 heterocycles. The molecule has 1 amide bonds. The Bertz CT molecular complexity index is 623. The minimum atomic E-state index is -0.396. The maximum Gasteiger partial charge on any atom is 0.248 e. The second kappa shape index (κ2) is 6.30. The van der Waals surface area contributed by atoms with E-state index in [9.17, 15) is 4.79 Å². The molecule has 0 bridgehead atoms. The monoisotopic (exact) mass is 289 g/mol. The van der Waals surface area contributed by atoms with E-state index in [-0.39, 0.29) is 5.91 Å². The summed E-state index contributed by atoms with van der Waals surface area (Å²) in [6.45, 7) is 3.69. The lowest BCUT2D eigenvalue weighted by Gasteiger charge is -2.16. The lowest BCUT2D eigenvalue weighted by atomic mass is 10.1. The summed E-state index contributed by atoms with van der Waals surface area (Å²) in [5.41, 5.74) is 1.59. The Labute approximate surface area is 123 Å². The number of carbonyl (C=O) groups is 1. The lowest BCUT2D eigenvalue weighted by molar-refractivity contribution is -0.119. The van der Waals surface area contributed by atoms with E-state index < -0.39 is 6.04 Å². The van der Waals surface area contributed by atoms with Gasteiger partial charge in [-0.05, 0) is 31.5 Å². The molecule has 1 aromatic carbocycles. The Morgan fingerprint density at radius 1 is 1.29 bits per heavy atom. The van der Waals surface area contributed by atoms with Crippen LogP contribution in [0, 0.1) is 6.92 Å². The maximum absolute atomic E-state index is 12.3. The van der Waals surface area contributed by atoms with Crippen molar-refractivity contribution < 1.29 is 14.3 Å². The Hall–Kier alpha value is -2.50. The Morgan fingerprint density at radius 3 is 2.52 bits per heavy atom. The summed E-state index contributed by atoms with van der Waals surface area (Å²) < 4.78 is 12.1. The third-order valence-electron chi connectivity index (χ3n) is 3.29. The quantitative estimate of drug-likeness (QED) is 0.918.